The topological polar surface area (TPSA) is 18.5 Å². The third-order valence-electron chi connectivity index (χ3n) is 3.17. The fourth-order valence-corrected chi connectivity index (χ4v) is 2.48. The summed E-state index contributed by atoms with van der Waals surface area (Å²) < 4.78 is 11.5. The predicted molar refractivity (Wildman–Crippen MR) is 77.1 cm³/mol. The molecule has 0 amide bonds. The van der Waals surface area contributed by atoms with E-state index in [4.69, 9.17) is 21.1 Å². The lowest BCUT2D eigenvalue weighted by atomic mass is 10.1. The van der Waals surface area contributed by atoms with Crippen molar-refractivity contribution in [1.29, 1.82) is 0 Å². The standard InChI is InChI=1S/C15H27ClO2/c1-4-5-6-7-8-9-10-11-13-14(12-16)18-15(2,3)17-13/h10-11,13-14H,4-9,12H2,1-3H3/b11-10-/t13-,14+/m0/s1. The van der Waals surface area contributed by atoms with Crippen LogP contribution in [0.25, 0.3) is 0 Å². The Labute approximate surface area is 117 Å². The number of hydrogen-bond acceptors (Lipinski definition) is 2. The highest BCUT2D eigenvalue weighted by molar-refractivity contribution is 6.18. The molecule has 1 aliphatic rings. The zero-order valence-corrected chi connectivity index (χ0v) is 12.7. The Morgan fingerprint density at radius 3 is 2.50 bits per heavy atom. The Morgan fingerprint density at radius 2 is 1.83 bits per heavy atom. The summed E-state index contributed by atoms with van der Waals surface area (Å²) in [5, 5.41) is 0. The van der Waals surface area contributed by atoms with Gasteiger partial charge in [-0.05, 0) is 26.7 Å². The van der Waals surface area contributed by atoms with Gasteiger partial charge in [-0.25, -0.2) is 0 Å². The molecule has 0 aromatic carbocycles. The highest BCUT2D eigenvalue weighted by atomic mass is 35.5. The normalized spacial score (nSPS) is 27.1. The van der Waals surface area contributed by atoms with Gasteiger partial charge in [0.15, 0.2) is 5.79 Å². The molecular weight excluding hydrogens is 248 g/mol. The fourth-order valence-electron chi connectivity index (χ4n) is 2.24. The molecular formula is C15H27ClO2. The summed E-state index contributed by atoms with van der Waals surface area (Å²) in [7, 11) is 0. The quantitative estimate of drug-likeness (QED) is 0.364. The maximum absolute atomic E-state index is 5.89. The second kappa shape index (κ2) is 8.19. The SMILES string of the molecule is CCCCCCC/C=C\[C@@H]1OC(C)(C)O[C@@H]1CCl. The van der Waals surface area contributed by atoms with E-state index in [-0.39, 0.29) is 12.2 Å². The predicted octanol–water partition coefficient (Wildman–Crippen LogP) is 4.66. The van der Waals surface area contributed by atoms with Gasteiger partial charge in [-0.15, -0.1) is 11.6 Å². The molecule has 0 aliphatic carbocycles. The zero-order valence-electron chi connectivity index (χ0n) is 12.0. The average molecular weight is 275 g/mol. The van der Waals surface area contributed by atoms with Gasteiger partial charge >= 0.3 is 0 Å². The molecule has 3 heteroatoms. The van der Waals surface area contributed by atoms with Crippen molar-refractivity contribution in [3.05, 3.63) is 12.2 Å². The number of allylic oxidation sites excluding steroid dienone is 1. The molecule has 1 rings (SSSR count). The number of ether oxygens (including phenoxy) is 2. The smallest absolute Gasteiger partial charge is 0.164 e. The van der Waals surface area contributed by atoms with Crippen LogP contribution in [0.4, 0.5) is 0 Å². The van der Waals surface area contributed by atoms with Gasteiger partial charge in [-0.1, -0.05) is 44.8 Å². The van der Waals surface area contributed by atoms with Crippen molar-refractivity contribution >= 4 is 11.6 Å². The third kappa shape index (κ3) is 5.73. The van der Waals surface area contributed by atoms with E-state index in [0.717, 1.165) is 6.42 Å². The largest absolute Gasteiger partial charge is 0.343 e. The minimum Gasteiger partial charge on any atom is -0.343 e. The molecule has 0 radical (unpaired) electrons. The van der Waals surface area contributed by atoms with E-state index >= 15 is 0 Å². The van der Waals surface area contributed by atoms with Gasteiger partial charge in [0, 0.05) is 0 Å². The van der Waals surface area contributed by atoms with Crippen LogP contribution in [0.5, 0.6) is 0 Å². The van der Waals surface area contributed by atoms with E-state index in [2.05, 4.69) is 19.1 Å². The summed E-state index contributed by atoms with van der Waals surface area (Å²) in [4.78, 5) is 0. The zero-order chi connectivity index (χ0) is 13.4. The van der Waals surface area contributed by atoms with E-state index in [1.54, 1.807) is 0 Å². The maximum atomic E-state index is 5.89. The maximum Gasteiger partial charge on any atom is 0.164 e. The molecule has 1 saturated heterocycles. The van der Waals surface area contributed by atoms with Crippen molar-refractivity contribution < 1.29 is 9.47 Å². The first-order chi connectivity index (χ1) is 8.59. The van der Waals surface area contributed by atoms with Crippen LogP contribution in [0.2, 0.25) is 0 Å². The Bertz CT molecular complexity index is 251. The van der Waals surface area contributed by atoms with Crippen LogP contribution in [0.3, 0.4) is 0 Å². The van der Waals surface area contributed by atoms with E-state index in [9.17, 15) is 0 Å². The molecule has 0 aromatic heterocycles. The van der Waals surface area contributed by atoms with E-state index in [0.29, 0.717) is 5.88 Å². The van der Waals surface area contributed by atoms with Crippen LogP contribution in [-0.2, 0) is 9.47 Å². The van der Waals surface area contributed by atoms with Crippen molar-refractivity contribution in [3.63, 3.8) is 0 Å². The van der Waals surface area contributed by atoms with Crippen LogP contribution < -0.4 is 0 Å². The molecule has 1 fully saturated rings. The highest BCUT2D eigenvalue weighted by Gasteiger charge is 2.39. The van der Waals surface area contributed by atoms with Gasteiger partial charge in [0.25, 0.3) is 0 Å². The van der Waals surface area contributed by atoms with Gasteiger partial charge in [0.05, 0.1) is 5.88 Å². The minimum atomic E-state index is -0.504. The number of hydrogen-bond donors (Lipinski definition) is 0. The minimum absolute atomic E-state index is 0.00754. The van der Waals surface area contributed by atoms with Gasteiger partial charge in [0.1, 0.15) is 12.2 Å². The lowest BCUT2D eigenvalue weighted by molar-refractivity contribution is -0.141. The van der Waals surface area contributed by atoms with Crippen molar-refractivity contribution in [2.24, 2.45) is 0 Å². The summed E-state index contributed by atoms with van der Waals surface area (Å²) in [5.74, 6) is -0.0232. The molecule has 106 valence electrons. The fraction of sp³-hybridized carbons (Fsp3) is 0.867. The Balaban J connectivity index is 2.20. The molecule has 1 aliphatic heterocycles. The summed E-state index contributed by atoms with van der Waals surface area (Å²) in [5.41, 5.74) is 0. The van der Waals surface area contributed by atoms with Crippen LogP contribution in [0.15, 0.2) is 12.2 Å². The lowest BCUT2D eigenvalue weighted by Crippen LogP contribution is -2.22. The number of unbranched alkanes of at least 4 members (excludes halogenated alkanes) is 5. The van der Waals surface area contributed by atoms with Crippen LogP contribution in [0.1, 0.15) is 59.3 Å². The van der Waals surface area contributed by atoms with Crippen LogP contribution >= 0.6 is 11.6 Å². The van der Waals surface area contributed by atoms with E-state index < -0.39 is 5.79 Å². The Hall–Kier alpha value is -0.0500. The van der Waals surface area contributed by atoms with Gasteiger partial charge in [-0.3, -0.25) is 0 Å². The molecule has 0 bridgehead atoms. The van der Waals surface area contributed by atoms with E-state index in [1.807, 2.05) is 13.8 Å². The monoisotopic (exact) mass is 274 g/mol. The summed E-state index contributed by atoms with van der Waals surface area (Å²) in [6.45, 7) is 6.11. The summed E-state index contributed by atoms with van der Waals surface area (Å²) >= 11 is 5.89. The van der Waals surface area contributed by atoms with Crippen molar-refractivity contribution in [1.82, 2.24) is 0 Å². The Kier molecular flexibility index (Phi) is 7.28. The number of halogens is 1. The summed E-state index contributed by atoms with van der Waals surface area (Å²) in [6.07, 6.45) is 12.0. The second-order valence-electron chi connectivity index (χ2n) is 5.42. The molecule has 18 heavy (non-hydrogen) atoms. The van der Waals surface area contributed by atoms with Crippen LogP contribution in [0, 0.1) is 0 Å². The first-order valence-corrected chi connectivity index (χ1v) is 7.71. The average Bonchev–Trinajstić information content (AvgIpc) is 2.63. The van der Waals surface area contributed by atoms with Crippen LogP contribution in [-0.4, -0.2) is 23.9 Å². The molecule has 2 nitrogen and oxygen atoms in total. The number of alkyl halides is 1. The van der Waals surface area contributed by atoms with Gasteiger partial charge < -0.3 is 9.47 Å². The third-order valence-corrected chi connectivity index (χ3v) is 3.48. The first-order valence-electron chi connectivity index (χ1n) is 7.17. The molecule has 2 atom stereocenters. The van der Waals surface area contributed by atoms with E-state index in [1.165, 1.54) is 32.1 Å². The second-order valence-corrected chi connectivity index (χ2v) is 5.73. The first kappa shape index (κ1) is 16.0. The molecule has 0 N–H and O–H groups in total. The molecule has 0 aromatic rings. The molecule has 1 heterocycles. The lowest BCUT2D eigenvalue weighted by Gasteiger charge is -2.15. The summed E-state index contributed by atoms with van der Waals surface area (Å²) in [6, 6.07) is 0. The highest BCUT2D eigenvalue weighted by Crippen LogP contribution is 2.29. The van der Waals surface area contributed by atoms with Gasteiger partial charge in [-0.2, -0.15) is 0 Å². The van der Waals surface area contributed by atoms with Gasteiger partial charge in [0.2, 0.25) is 0 Å². The van der Waals surface area contributed by atoms with Crippen molar-refractivity contribution in [3.8, 4) is 0 Å². The Morgan fingerprint density at radius 1 is 1.11 bits per heavy atom. The van der Waals surface area contributed by atoms with Crippen molar-refractivity contribution in [2.75, 3.05) is 5.88 Å². The molecule has 0 spiro atoms. The molecule has 0 unspecified atom stereocenters. The van der Waals surface area contributed by atoms with Crippen molar-refractivity contribution in [2.45, 2.75) is 77.3 Å². The number of rotatable bonds is 8. The molecule has 0 saturated carbocycles.